The van der Waals surface area contributed by atoms with Gasteiger partial charge in [0.25, 0.3) is 0 Å². The number of rotatable bonds is 4. The molecule has 1 atom stereocenters. The van der Waals surface area contributed by atoms with E-state index < -0.39 is 6.04 Å². The van der Waals surface area contributed by atoms with Crippen LogP contribution in [-0.2, 0) is 4.79 Å². The van der Waals surface area contributed by atoms with Crippen molar-refractivity contribution in [2.75, 3.05) is 25.6 Å². The van der Waals surface area contributed by atoms with Crippen LogP contribution in [0.3, 0.4) is 0 Å². The molecule has 31 heavy (non-hydrogen) atoms. The molecule has 0 radical (unpaired) electrons. The number of amides is 1. The third kappa shape index (κ3) is 4.21. The molecule has 4 rings (SSSR count). The third-order valence-corrected chi connectivity index (χ3v) is 5.73. The average Bonchev–Trinajstić information content (AvgIpc) is 3.05. The van der Waals surface area contributed by atoms with E-state index in [0.29, 0.717) is 11.6 Å². The molecular formula is C24H25ClN4O2. The summed E-state index contributed by atoms with van der Waals surface area (Å²) in [5.74, 6) is 1.44. The summed E-state index contributed by atoms with van der Waals surface area (Å²) in [4.78, 5) is 24.5. The van der Waals surface area contributed by atoms with Crippen LogP contribution in [0.4, 0.5) is 5.69 Å². The summed E-state index contributed by atoms with van der Waals surface area (Å²) in [6.07, 6.45) is 3.23. The molecule has 0 saturated carbocycles. The minimum absolute atomic E-state index is 0.0822. The number of benzene rings is 2. The van der Waals surface area contributed by atoms with E-state index in [1.165, 1.54) is 0 Å². The number of hydrogen-bond donors (Lipinski definition) is 1. The Bertz CT molecular complexity index is 1090. The predicted octanol–water partition coefficient (Wildman–Crippen LogP) is 4.22. The summed E-state index contributed by atoms with van der Waals surface area (Å²) in [7, 11) is 3.29. The molecule has 1 N–H and O–H groups in total. The smallest absolute Gasteiger partial charge is 0.222 e. The van der Waals surface area contributed by atoms with E-state index in [2.05, 4.69) is 23.2 Å². The standard InChI is InChI=1S/C24H25ClN4O2/c1-15-5-4-12-27-24-20(14-22(30)26-2)28-23(16-6-8-17(25)9-7-16)19-13-18(31-3)10-11-21(19)29(15)24/h5-11,13,20H,4,12,14H2,1-3H3,(H,26,30)/t20-/m0/s1. The van der Waals surface area contributed by atoms with Crippen molar-refractivity contribution in [2.24, 2.45) is 9.98 Å². The van der Waals surface area contributed by atoms with E-state index in [-0.39, 0.29) is 12.3 Å². The lowest BCUT2D eigenvalue weighted by molar-refractivity contribution is -0.120. The summed E-state index contributed by atoms with van der Waals surface area (Å²) in [6.45, 7) is 2.73. The van der Waals surface area contributed by atoms with Gasteiger partial charge in [-0.3, -0.25) is 14.8 Å². The highest BCUT2D eigenvalue weighted by atomic mass is 35.5. The van der Waals surface area contributed by atoms with Gasteiger partial charge >= 0.3 is 0 Å². The monoisotopic (exact) mass is 436 g/mol. The van der Waals surface area contributed by atoms with Gasteiger partial charge in [0.2, 0.25) is 5.91 Å². The van der Waals surface area contributed by atoms with Crippen molar-refractivity contribution in [3.63, 3.8) is 0 Å². The minimum atomic E-state index is -0.425. The number of carbonyl (C=O) groups excluding carboxylic acids is 1. The van der Waals surface area contributed by atoms with Crippen molar-refractivity contribution < 1.29 is 9.53 Å². The van der Waals surface area contributed by atoms with Crippen LogP contribution in [0.1, 0.15) is 30.9 Å². The van der Waals surface area contributed by atoms with Crippen LogP contribution in [0.15, 0.2) is 64.2 Å². The summed E-state index contributed by atoms with van der Waals surface area (Å²) in [5.41, 5.74) is 4.65. The SMILES string of the molecule is CNC(=O)C[C@@H]1N=C(c2ccc(Cl)cc2)c2cc(OC)ccc2N2C(C)=CCCN=C12. The van der Waals surface area contributed by atoms with Gasteiger partial charge in [-0.05, 0) is 43.7 Å². The number of ether oxygens (including phenoxy) is 1. The lowest BCUT2D eigenvalue weighted by atomic mass is 9.99. The lowest BCUT2D eigenvalue weighted by Crippen LogP contribution is -2.39. The molecule has 2 heterocycles. The van der Waals surface area contributed by atoms with Crippen molar-refractivity contribution in [2.45, 2.75) is 25.8 Å². The Morgan fingerprint density at radius 3 is 2.74 bits per heavy atom. The third-order valence-electron chi connectivity index (χ3n) is 5.48. The molecule has 2 aliphatic heterocycles. The Kier molecular flexibility index (Phi) is 6.09. The molecule has 0 aromatic heterocycles. The number of nitrogens with one attached hydrogen (secondary N) is 1. The van der Waals surface area contributed by atoms with Crippen LogP contribution in [0.2, 0.25) is 5.02 Å². The molecule has 2 aromatic carbocycles. The van der Waals surface area contributed by atoms with Crippen LogP contribution in [0, 0.1) is 0 Å². The van der Waals surface area contributed by atoms with Gasteiger partial charge in [0.1, 0.15) is 17.6 Å². The summed E-state index contributed by atoms with van der Waals surface area (Å²) in [6, 6.07) is 13.1. The van der Waals surface area contributed by atoms with E-state index in [4.69, 9.17) is 26.3 Å². The fourth-order valence-electron chi connectivity index (χ4n) is 3.93. The Morgan fingerprint density at radius 2 is 2.03 bits per heavy atom. The highest BCUT2D eigenvalue weighted by molar-refractivity contribution is 6.31. The zero-order valence-corrected chi connectivity index (χ0v) is 18.6. The molecule has 0 aliphatic carbocycles. The number of amidine groups is 1. The largest absolute Gasteiger partial charge is 0.497 e. The summed E-state index contributed by atoms with van der Waals surface area (Å²) in [5, 5.41) is 3.38. The number of carbonyl (C=O) groups is 1. The zero-order chi connectivity index (χ0) is 22.0. The molecule has 6 nitrogen and oxygen atoms in total. The molecule has 1 amide bonds. The van der Waals surface area contributed by atoms with Crippen molar-refractivity contribution >= 4 is 34.7 Å². The zero-order valence-electron chi connectivity index (χ0n) is 17.9. The molecule has 160 valence electrons. The van der Waals surface area contributed by atoms with Crippen LogP contribution in [0.25, 0.3) is 0 Å². The Morgan fingerprint density at radius 1 is 1.26 bits per heavy atom. The number of halogens is 1. The van der Waals surface area contributed by atoms with Crippen molar-refractivity contribution in [3.8, 4) is 5.75 Å². The number of methoxy groups -OCH3 is 1. The first-order chi connectivity index (χ1) is 15.0. The summed E-state index contributed by atoms with van der Waals surface area (Å²) >= 11 is 6.14. The molecule has 2 aromatic rings. The topological polar surface area (TPSA) is 66.3 Å². The second kappa shape index (κ2) is 8.94. The van der Waals surface area contributed by atoms with Gasteiger partial charge in [0, 0.05) is 35.4 Å². The number of hydrogen-bond acceptors (Lipinski definition) is 5. The van der Waals surface area contributed by atoms with Gasteiger partial charge in [0.05, 0.1) is 24.9 Å². The quantitative estimate of drug-likeness (QED) is 0.780. The van der Waals surface area contributed by atoms with Gasteiger partial charge < -0.3 is 15.0 Å². The maximum absolute atomic E-state index is 12.4. The number of nitrogens with zero attached hydrogens (tertiary/aromatic N) is 3. The molecule has 0 spiro atoms. The van der Waals surface area contributed by atoms with Gasteiger partial charge in [-0.15, -0.1) is 0 Å². The number of allylic oxidation sites excluding steroid dienone is 1. The Labute approximate surface area is 187 Å². The van der Waals surface area contributed by atoms with E-state index >= 15 is 0 Å². The minimum Gasteiger partial charge on any atom is -0.497 e. The highest BCUT2D eigenvalue weighted by Crippen LogP contribution is 2.35. The normalized spacial score (nSPS) is 17.9. The molecule has 7 heteroatoms. The molecule has 0 fully saturated rings. The second-order valence-electron chi connectivity index (χ2n) is 7.47. The average molecular weight is 437 g/mol. The van der Waals surface area contributed by atoms with Gasteiger partial charge in [-0.1, -0.05) is 29.8 Å². The molecular weight excluding hydrogens is 412 g/mol. The molecule has 0 unspecified atom stereocenters. The summed E-state index contributed by atoms with van der Waals surface area (Å²) < 4.78 is 5.52. The van der Waals surface area contributed by atoms with E-state index in [1.807, 2.05) is 42.5 Å². The Balaban J connectivity index is 1.99. The first kappa shape index (κ1) is 21.1. The van der Waals surface area contributed by atoms with Crippen molar-refractivity contribution in [1.82, 2.24) is 5.32 Å². The van der Waals surface area contributed by atoms with Gasteiger partial charge in [-0.2, -0.15) is 0 Å². The fraction of sp³-hybridized carbons (Fsp3) is 0.292. The molecule has 2 aliphatic rings. The second-order valence-corrected chi connectivity index (χ2v) is 7.91. The maximum Gasteiger partial charge on any atom is 0.222 e. The number of aliphatic imine (C=N–C) groups is 2. The van der Waals surface area contributed by atoms with E-state index in [9.17, 15) is 4.79 Å². The first-order valence-corrected chi connectivity index (χ1v) is 10.6. The fourth-order valence-corrected chi connectivity index (χ4v) is 4.05. The lowest BCUT2D eigenvalue weighted by Gasteiger charge is -2.28. The first-order valence-electron chi connectivity index (χ1n) is 10.3. The van der Waals surface area contributed by atoms with Gasteiger partial charge in [0.15, 0.2) is 0 Å². The highest BCUT2D eigenvalue weighted by Gasteiger charge is 2.33. The molecule has 0 bridgehead atoms. The maximum atomic E-state index is 12.4. The van der Waals surface area contributed by atoms with E-state index in [0.717, 1.165) is 46.2 Å². The predicted molar refractivity (Wildman–Crippen MR) is 126 cm³/mol. The van der Waals surface area contributed by atoms with Crippen LogP contribution < -0.4 is 15.0 Å². The van der Waals surface area contributed by atoms with Crippen molar-refractivity contribution in [1.29, 1.82) is 0 Å². The van der Waals surface area contributed by atoms with Crippen LogP contribution in [-0.4, -0.2) is 44.2 Å². The number of fused-ring (bicyclic) bond motifs is 3. The van der Waals surface area contributed by atoms with Crippen LogP contribution in [0.5, 0.6) is 5.75 Å². The number of anilines is 1. The van der Waals surface area contributed by atoms with Gasteiger partial charge in [-0.25, -0.2) is 0 Å². The molecule has 0 saturated heterocycles. The van der Waals surface area contributed by atoms with E-state index in [1.54, 1.807) is 14.2 Å². The van der Waals surface area contributed by atoms with Crippen molar-refractivity contribution in [3.05, 3.63) is 70.4 Å². The Hall–Kier alpha value is -3.12. The van der Waals surface area contributed by atoms with Crippen LogP contribution >= 0.6 is 11.6 Å².